The molecular formula is C57H47N. The van der Waals surface area contributed by atoms with Crippen molar-refractivity contribution >= 4 is 17.1 Å². The van der Waals surface area contributed by atoms with Gasteiger partial charge in [-0.25, -0.2) is 0 Å². The molecule has 280 valence electrons. The lowest BCUT2D eigenvalue weighted by atomic mass is 9.81. The van der Waals surface area contributed by atoms with Crippen LogP contribution in [0.15, 0.2) is 176 Å². The summed E-state index contributed by atoms with van der Waals surface area (Å²) < 4.78 is 0. The van der Waals surface area contributed by atoms with Crippen LogP contribution in [-0.4, -0.2) is 0 Å². The highest BCUT2D eigenvalue weighted by Gasteiger charge is 2.38. The van der Waals surface area contributed by atoms with Gasteiger partial charge in [0, 0.05) is 33.3 Å². The fourth-order valence-electron chi connectivity index (χ4n) is 10.7. The summed E-state index contributed by atoms with van der Waals surface area (Å²) in [5.41, 5.74) is 24.5. The minimum Gasteiger partial charge on any atom is -0.310 e. The van der Waals surface area contributed by atoms with E-state index in [1.807, 2.05) is 0 Å². The fraction of sp³-hybridized carbons (Fsp3) is 0.158. The fourth-order valence-corrected chi connectivity index (χ4v) is 10.7. The quantitative estimate of drug-likeness (QED) is 0.170. The predicted octanol–water partition coefficient (Wildman–Crippen LogP) is 15.4. The van der Waals surface area contributed by atoms with Gasteiger partial charge in [-0.3, -0.25) is 0 Å². The first kappa shape index (κ1) is 34.8. The SMILES string of the molecule is CC1(C)c2ccccc2-c2ccc(-c3cccc(N(c4cccc(-c5ccc6c(c5)C(C)(C)c5ccccc5-6)c4)c4ccc5c(c4)C(C)(C)c4ccccc4-5)c3)cc21. The second kappa shape index (κ2) is 12.3. The first-order valence-corrected chi connectivity index (χ1v) is 20.8. The summed E-state index contributed by atoms with van der Waals surface area (Å²) in [5.74, 6) is 0. The van der Waals surface area contributed by atoms with Gasteiger partial charge in [0.15, 0.2) is 0 Å². The molecule has 0 fully saturated rings. The molecule has 0 radical (unpaired) electrons. The van der Waals surface area contributed by atoms with E-state index in [2.05, 4.69) is 222 Å². The van der Waals surface area contributed by atoms with Crippen LogP contribution in [0.25, 0.3) is 55.6 Å². The van der Waals surface area contributed by atoms with Crippen molar-refractivity contribution in [2.45, 2.75) is 57.8 Å². The summed E-state index contributed by atoms with van der Waals surface area (Å²) in [7, 11) is 0. The lowest BCUT2D eigenvalue weighted by molar-refractivity contribution is 0.660. The van der Waals surface area contributed by atoms with Crippen LogP contribution in [0.1, 0.15) is 74.9 Å². The number of fused-ring (bicyclic) bond motifs is 9. The van der Waals surface area contributed by atoms with Crippen LogP contribution in [0.4, 0.5) is 17.1 Å². The van der Waals surface area contributed by atoms with Crippen molar-refractivity contribution in [1.82, 2.24) is 0 Å². The zero-order valence-electron chi connectivity index (χ0n) is 34.2. The number of hydrogen-bond acceptors (Lipinski definition) is 1. The van der Waals surface area contributed by atoms with Crippen molar-refractivity contribution < 1.29 is 0 Å². The van der Waals surface area contributed by atoms with Crippen LogP contribution >= 0.6 is 0 Å². The first-order valence-electron chi connectivity index (χ1n) is 20.8. The van der Waals surface area contributed by atoms with Gasteiger partial charge in [0.2, 0.25) is 0 Å². The predicted molar refractivity (Wildman–Crippen MR) is 245 cm³/mol. The molecule has 3 aliphatic carbocycles. The lowest BCUT2D eigenvalue weighted by Crippen LogP contribution is -2.16. The van der Waals surface area contributed by atoms with Gasteiger partial charge in [-0.1, -0.05) is 169 Å². The Morgan fingerprint density at radius 2 is 0.586 bits per heavy atom. The van der Waals surface area contributed by atoms with E-state index in [9.17, 15) is 0 Å². The largest absolute Gasteiger partial charge is 0.310 e. The molecule has 0 spiro atoms. The zero-order chi connectivity index (χ0) is 39.6. The zero-order valence-corrected chi connectivity index (χ0v) is 34.2. The number of benzene rings is 8. The number of nitrogens with zero attached hydrogens (tertiary/aromatic N) is 1. The second-order valence-electron chi connectivity index (χ2n) is 18.2. The molecule has 0 amide bonds. The van der Waals surface area contributed by atoms with E-state index in [0.29, 0.717) is 0 Å². The monoisotopic (exact) mass is 745 g/mol. The molecule has 11 rings (SSSR count). The van der Waals surface area contributed by atoms with E-state index < -0.39 is 0 Å². The molecule has 0 aromatic heterocycles. The first-order chi connectivity index (χ1) is 28.0. The van der Waals surface area contributed by atoms with E-state index in [1.165, 1.54) is 89.0 Å². The third-order valence-corrected chi connectivity index (χ3v) is 13.9. The highest BCUT2D eigenvalue weighted by Crippen LogP contribution is 2.53. The Bertz CT molecular complexity index is 2840. The highest BCUT2D eigenvalue weighted by atomic mass is 15.1. The van der Waals surface area contributed by atoms with Crippen molar-refractivity contribution in [3.05, 3.63) is 209 Å². The molecule has 1 nitrogen and oxygen atoms in total. The summed E-state index contributed by atoms with van der Waals surface area (Å²) in [6.45, 7) is 14.2. The molecule has 58 heavy (non-hydrogen) atoms. The van der Waals surface area contributed by atoms with Gasteiger partial charge in [0.1, 0.15) is 0 Å². The maximum atomic E-state index is 2.46. The van der Waals surface area contributed by atoms with Crippen LogP contribution in [-0.2, 0) is 16.2 Å². The van der Waals surface area contributed by atoms with Crippen LogP contribution in [0.3, 0.4) is 0 Å². The van der Waals surface area contributed by atoms with Gasteiger partial charge >= 0.3 is 0 Å². The van der Waals surface area contributed by atoms with Crippen LogP contribution in [0.2, 0.25) is 0 Å². The van der Waals surface area contributed by atoms with Crippen molar-refractivity contribution in [3.63, 3.8) is 0 Å². The Morgan fingerprint density at radius 1 is 0.259 bits per heavy atom. The molecule has 0 unspecified atom stereocenters. The minimum absolute atomic E-state index is 0.0591. The number of anilines is 3. The minimum atomic E-state index is -0.110. The standard InChI is InChI=1S/C57H47N/c1-55(2)49-22-10-7-19-43(49)46-28-25-38(33-52(46)55)36-15-13-17-40(31-36)58(42-27-30-48-45-21-9-12-24-51(45)57(5,6)54(48)35-42)41-18-14-16-37(32-41)39-26-29-47-44-20-8-11-23-50(44)56(3,4)53(47)34-39/h7-35H,1-6H3. The van der Waals surface area contributed by atoms with Gasteiger partial charge in [-0.15, -0.1) is 0 Å². The number of rotatable bonds is 5. The van der Waals surface area contributed by atoms with Crippen LogP contribution < -0.4 is 4.90 Å². The Kier molecular flexibility index (Phi) is 7.36. The third-order valence-electron chi connectivity index (χ3n) is 13.9. The van der Waals surface area contributed by atoms with Crippen molar-refractivity contribution in [2.24, 2.45) is 0 Å². The molecule has 0 N–H and O–H groups in total. The molecule has 8 aromatic rings. The summed E-state index contributed by atoms with van der Waals surface area (Å²) in [6.07, 6.45) is 0. The van der Waals surface area contributed by atoms with E-state index in [-0.39, 0.29) is 16.2 Å². The molecule has 0 heterocycles. The molecule has 8 aromatic carbocycles. The molecular weight excluding hydrogens is 699 g/mol. The Balaban J connectivity index is 1.05. The number of hydrogen-bond donors (Lipinski definition) is 0. The summed E-state index contributed by atoms with van der Waals surface area (Å²) in [4.78, 5) is 2.46. The molecule has 0 bridgehead atoms. The highest BCUT2D eigenvalue weighted by molar-refractivity contribution is 5.89. The molecule has 1 heteroatoms. The maximum Gasteiger partial charge on any atom is 0.0467 e. The smallest absolute Gasteiger partial charge is 0.0467 e. The normalized spacial score (nSPS) is 15.5. The van der Waals surface area contributed by atoms with Crippen LogP contribution in [0.5, 0.6) is 0 Å². The average Bonchev–Trinajstić information content (AvgIpc) is 3.73. The van der Waals surface area contributed by atoms with Crippen molar-refractivity contribution in [2.75, 3.05) is 4.90 Å². The summed E-state index contributed by atoms with van der Waals surface area (Å²) in [5, 5.41) is 0. The average molecular weight is 746 g/mol. The van der Waals surface area contributed by atoms with Gasteiger partial charge in [-0.2, -0.15) is 0 Å². The maximum absolute atomic E-state index is 2.46. The summed E-state index contributed by atoms with van der Waals surface area (Å²) >= 11 is 0. The van der Waals surface area contributed by atoms with E-state index in [4.69, 9.17) is 0 Å². The molecule has 0 saturated carbocycles. The van der Waals surface area contributed by atoms with Gasteiger partial charge in [0.25, 0.3) is 0 Å². The van der Waals surface area contributed by atoms with E-state index in [0.717, 1.165) is 17.1 Å². The molecule has 0 saturated heterocycles. The van der Waals surface area contributed by atoms with E-state index >= 15 is 0 Å². The summed E-state index contributed by atoms with van der Waals surface area (Å²) in [6, 6.07) is 66.3. The Labute approximate surface area is 343 Å². The van der Waals surface area contributed by atoms with Crippen molar-refractivity contribution in [3.8, 4) is 55.6 Å². The molecule has 0 atom stereocenters. The van der Waals surface area contributed by atoms with Crippen molar-refractivity contribution in [1.29, 1.82) is 0 Å². The Morgan fingerprint density at radius 3 is 1.02 bits per heavy atom. The Hall–Kier alpha value is -6.44. The van der Waals surface area contributed by atoms with Gasteiger partial charge < -0.3 is 4.90 Å². The van der Waals surface area contributed by atoms with E-state index in [1.54, 1.807) is 0 Å². The van der Waals surface area contributed by atoms with Crippen LogP contribution in [0, 0.1) is 0 Å². The topological polar surface area (TPSA) is 3.24 Å². The lowest BCUT2D eigenvalue weighted by Gasteiger charge is -2.29. The second-order valence-corrected chi connectivity index (χ2v) is 18.2. The van der Waals surface area contributed by atoms with Gasteiger partial charge in [-0.05, 0) is 138 Å². The third kappa shape index (κ3) is 4.96. The van der Waals surface area contributed by atoms with Gasteiger partial charge in [0.05, 0.1) is 0 Å². The molecule has 0 aliphatic heterocycles. The molecule has 3 aliphatic rings.